The highest BCUT2D eigenvalue weighted by atomic mass is 28.3. The van der Waals surface area contributed by atoms with Crippen LogP contribution in [0.4, 0.5) is 34.1 Å². The van der Waals surface area contributed by atoms with Crippen LogP contribution < -0.4 is 15.0 Å². The number of hydrogen-bond acceptors (Lipinski definition) is 2. The predicted molar refractivity (Wildman–Crippen MR) is 273 cm³/mol. The van der Waals surface area contributed by atoms with Crippen LogP contribution in [0.25, 0.3) is 76.2 Å². The van der Waals surface area contributed by atoms with Gasteiger partial charge in [-0.25, -0.2) is 0 Å². The van der Waals surface area contributed by atoms with E-state index in [0.29, 0.717) is 0 Å². The Balaban J connectivity index is 1.05. The van der Waals surface area contributed by atoms with Crippen molar-refractivity contribution in [2.45, 2.75) is 26.6 Å². The van der Waals surface area contributed by atoms with Gasteiger partial charge in [-0.1, -0.05) is 140 Å². The molecule has 9 aromatic carbocycles. The molecule has 13 rings (SSSR count). The molecule has 4 aromatic heterocycles. The minimum absolute atomic E-state index is 1.13. The summed E-state index contributed by atoms with van der Waals surface area (Å²) in [6.45, 7) is 9.38. The Morgan fingerprint density at radius 3 is 1.11 bits per heavy atom. The van der Waals surface area contributed by atoms with E-state index in [1.54, 1.807) is 0 Å². The summed E-state index contributed by atoms with van der Waals surface area (Å²) in [5, 5.41) is 11.7. The van der Waals surface area contributed by atoms with Gasteiger partial charge in [0.05, 0.1) is 41.2 Å². The Hall–Kier alpha value is -7.60. The number of aromatic nitrogens is 2. The second kappa shape index (κ2) is 13.2. The fraction of sp³-hybridized carbons (Fsp3) is 0.0690. The smallest absolute Gasteiger partial charge is 0.0775 e. The van der Waals surface area contributed by atoms with Gasteiger partial charge >= 0.3 is 0 Å². The number of fused-ring (bicyclic) bond motifs is 12. The molecule has 0 fully saturated rings. The van der Waals surface area contributed by atoms with E-state index in [9.17, 15) is 0 Å². The third kappa shape index (κ3) is 5.27. The van der Waals surface area contributed by atoms with Crippen LogP contribution in [0.3, 0.4) is 0 Å². The number of para-hydroxylation sites is 4. The average molecular weight is 825 g/mol. The van der Waals surface area contributed by atoms with Crippen LogP contribution in [0.5, 0.6) is 0 Å². The molecule has 13 aromatic rings. The van der Waals surface area contributed by atoms with Crippen molar-refractivity contribution in [3.05, 3.63) is 200 Å². The molecule has 4 heterocycles. The van der Waals surface area contributed by atoms with Gasteiger partial charge in [0.2, 0.25) is 0 Å². The maximum Gasteiger partial charge on any atom is 0.0775 e. The van der Waals surface area contributed by atoms with Crippen molar-refractivity contribution in [2.75, 3.05) is 9.80 Å². The minimum Gasteiger partial charge on any atom is -0.310 e. The topological polar surface area (TPSA) is 15.3 Å². The highest BCUT2D eigenvalue weighted by Crippen LogP contribution is 2.47. The summed E-state index contributed by atoms with van der Waals surface area (Å²) in [6, 6.07) is 72.3. The van der Waals surface area contributed by atoms with E-state index in [1.807, 2.05) is 0 Å². The molecule has 0 unspecified atom stereocenters. The number of hydrogen-bond donors (Lipinski definition) is 0. The van der Waals surface area contributed by atoms with E-state index in [-0.39, 0.29) is 0 Å². The Morgan fingerprint density at radius 1 is 0.317 bits per heavy atom. The van der Waals surface area contributed by atoms with Gasteiger partial charge in [-0.15, -0.1) is 0 Å². The Kier molecular flexibility index (Phi) is 7.56. The van der Waals surface area contributed by atoms with E-state index >= 15 is 0 Å². The maximum atomic E-state index is 2.54. The normalized spacial score (nSPS) is 12.4. The second-order valence-electron chi connectivity index (χ2n) is 18.3. The van der Waals surface area contributed by atoms with Crippen LogP contribution in [0.1, 0.15) is 5.56 Å². The van der Waals surface area contributed by atoms with Crippen LogP contribution >= 0.6 is 0 Å². The molecule has 0 saturated heterocycles. The molecule has 0 spiro atoms. The highest BCUT2D eigenvalue weighted by Gasteiger charge is 2.25. The lowest BCUT2D eigenvalue weighted by Gasteiger charge is -2.26. The van der Waals surface area contributed by atoms with Crippen molar-refractivity contribution in [1.82, 2.24) is 8.80 Å². The zero-order valence-corrected chi connectivity index (χ0v) is 36.8. The lowest BCUT2D eigenvalue weighted by atomic mass is 10.0. The Labute approximate surface area is 366 Å². The van der Waals surface area contributed by atoms with Crippen molar-refractivity contribution in [1.29, 1.82) is 0 Å². The van der Waals surface area contributed by atoms with Crippen molar-refractivity contribution in [3.8, 4) is 0 Å². The maximum absolute atomic E-state index is 2.54. The van der Waals surface area contributed by atoms with Gasteiger partial charge in [-0.2, -0.15) is 0 Å². The van der Waals surface area contributed by atoms with E-state index < -0.39 is 8.07 Å². The first-order chi connectivity index (χ1) is 30.8. The number of anilines is 6. The van der Waals surface area contributed by atoms with Crippen LogP contribution in [-0.2, 0) is 0 Å². The number of benzene rings is 9. The molecule has 0 amide bonds. The first kappa shape index (κ1) is 36.1. The monoisotopic (exact) mass is 824 g/mol. The van der Waals surface area contributed by atoms with Gasteiger partial charge < -0.3 is 18.6 Å². The molecule has 63 heavy (non-hydrogen) atoms. The minimum atomic E-state index is -1.46. The largest absolute Gasteiger partial charge is 0.310 e. The molecule has 0 saturated carbocycles. The first-order valence-electron chi connectivity index (χ1n) is 22.0. The molecule has 300 valence electrons. The molecular weight excluding hydrogens is 781 g/mol. The van der Waals surface area contributed by atoms with E-state index in [0.717, 1.165) is 34.1 Å². The molecular formula is C58H44N4Si. The van der Waals surface area contributed by atoms with E-state index in [4.69, 9.17) is 0 Å². The molecule has 0 radical (unpaired) electrons. The summed E-state index contributed by atoms with van der Waals surface area (Å²) >= 11 is 0. The van der Waals surface area contributed by atoms with Crippen molar-refractivity contribution < 1.29 is 0 Å². The van der Waals surface area contributed by atoms with Gasteiger partial charge in [0, 0.05) is 77.2 Å². The highest BCUT2D eigenvalue weighted by molar-refractivity contribution is 6.88. The molecule has 0 aliphatic carbocycles. The molecule has 0 bridgehead atoms. The zero-order valence-electron chi connectivity index (χ0n) is 35.8. The summed E-state index contributed by atoms with van der Waals surface area (Å²) in [4.78, 5) is 4.78. The van der Waals surface area contributed by atoms with Gasteiger partial charge in [-0.3, -0.25) is 0 Å². The van der Waals surface area contributed by atoms with Crippen LogP contribution in [0.15, 0.2) is 194 Å². The van der Waals surface area contributed by atoms with Gasteiger partial charge in [0.15, 0.2) is 0 Å². The Morgan fingerprint density at radius 2 is 0.683 bits per heavy atom. The van der Waals surface area contributed by atoms with Crippen molar-refractivity contribution >= 4 is 124 Å². The van der Waals surface area contributed by atoms with E-state index in [2.05, 4.69) is 239 Å². The summed E-state index contributed by atoms with van der Waals surface area (Å²) in [5.41, 5.74) is 15.6. The number of rotatable bonds is 7. The fourth-order valence-corrected chi connectivity index (χ4v) is 11.7. The molecule has 0 aliphatic rings. The molecule has 4 nitrogen and oxygen atoms in total. The Bertz CT molecular complexity index is 3880. The fourth-order valence-electron chi connectivity index (χ4n) is 10.6. The van der Waals surface area contributed by atoms with Gasteiger partial charge in [0.1, 0.15) is 0 Å². The van der Waals surface area contributed by atoms with E-state index in [1.165, 1.54) is 86.9 Å². The van der Waals surface area contributed by atoms with Crippen molar-refractivity contribution in [3.63, 3.8) is 0 Å². The summed E-state index contributed by atoms with van der Waals surface area (Å²) < 4.78 is 5.08. The quantitative estimate of drug-likeness (QED) is 0.149. The predicted octanol–water partition coefficient (Wildman–Crippen LogP) is 15.8. The molecule has 0 atom stereocenters. The molecule has 0 aliphatic heterocycles. The summed E-state index contributed by atoms with van der Waals surface area (Å²) in [7, 11) is -1.46. The lowest BCUT2D eigenvalue weighted by molar-refractivity contribution is 1.27. The third-order valence-electron chi connectivity index (χ3n) is 13.5. The second-order valence-corrected chi connectivity index (χ2v) is 23.4. The first-order valence-corrected chi connectivity index (χ1v) is 25.5. The summed E-state index contributed by atoms with van der Waals surface area (Å²) in [6.07, 6.45) is 0. The third-order valence-corrected chi connectivity index (χ3v) is 15.6. The summed E-state index contributed by atoms with van der Waals surface area (Å²) in [5.74, 6) is 0. The average Bonchev–Trinajstić information content (AvgIpc) is 4.03. The van der Waals surface area contributed by atoms with Gasteiger partial charge in [0.25, 0.3) is 0 Å². The zero-order chi connectivity index (χ0) is 42.1. The molecule has 5 heteroatoms. The van der Waals surface area contributed by atoms with Gasteiger partial charge in [-0.05, 0) is 91.9 Å². The molecule has 0 N–H and O–H groups in total. The SMILES string of the molecule is Cc1ccc(N(c2ccccc2)c2ccc3c4cccc5c6cc7c(cc6n(c3c2)c45)c2cccc3c4ccc(N(c5ccccc5)c5ccc([Si](C)(C)C)cc5)cc4n7c32)cc1. The standard InChI is InChI=1S/C58H44N4Si/c1-37-21-23-40(24-22-37)59(38-13-7-5-8-14-38)42-27-31-45-47-17-11-19-49-51-36-56-52(35-55(51)61(57(47)49)53(45)33-42)50-20-12-18-48-46-32-28-43(34-54(46)62(56)58(48)50)60(39-15-9-6-10-16-39)41-25-29-44(30-26-41)63(2,3)4/h5-36H,1-4H3. The van der Waals surface area contributed by atoms with Crippen LogP contribution in [-0.4, -0.2) is 16.9 Å². The van der Waals surface area contributed by atoms with Crippen LogP contribution in [0.2, 0.25) is 19.6 Å². The number of aryl methyl sites for hydroxylation is 1. The lowest BCUT2D eigenvalue weighted by Crippen LogP contribution is -2.37. The van der Waals surface area contributed by atoms with Crippen LogP contribution in [0, 0.1) is 6.92 Å². The number of nitrogens with zero attached hydrogens (tertiary/aromatic N) is 4. The van der Waals surface area contributed by atoms with Crippen molar-refractivity contribution in [2.24, 2.45) is 0 Å².